The van der Waals surface area contributed by atoms with Gasteiger partial charge < -0.3 is 24.2 Å². The summed E-state index contributed by atoms with van der Waals surface area (Å²) in [5.41, 5.74) is 0.468. The van der Waals surface area contributed by atoms with Crippen LogP contribution in [0.25, 0.3) is 0 Å². The van der Waals surface area contributed by atoms with E-state index in [9.17, 15) is 9.90 Å². The number of carbonyl (C=O) groups excluding carboxylic acids is 1. The van der Waals surface area contributed by atoms with Crippen LogP contribution in [0.4, 0.5) is 5.82 Å². The molecule has 0 amide bonds. The first kappa shape index (κ1) is 19.4. The lowest BCUT2D eigenvalue weighted by Gasteiger charge is -2.35. The minimum Gasteiger partial charge on any atom is -0.488 e. The molecule has 1 aliphatic heterocycles. The van der Waals surface area contributed by atoms with Crippen LogP contribution in [0.3, 0.4) is 0 Å². The fourth-order valence-corrected chi connectivity index (χ4v) is 4.28. The maximum absolute atomic E-state index is 11.6. The number of nitrogens with zero attached hydrogens (tertiary/aromatic N) is 3. The fourth-order valence-electron chi connectivity index (χ4n) is 4.28. The Hall–Kier alpha value is -2.87. The Morgan fingerprint density at radius 3 is 2.52 bits per heavy atom. The molecule has 2 heterocycles. The number of fused-ring (bicyclic) bond motifs is 1. The molecule has 0 unspecified atom stereocenters. The third-order valence-corrected chi connectivity index (χ3v) is 5.81. The average Bonchev–Trinajstić information content (AvgIpc) is 3.16. The monoisotopic (exact) mass is 399 g/mol. The molecular weight excluding hydrogens is 374 g/mol. The molecular formula is C21H25N3O5. The van der Waals surface area contributed by atoms with E-state index in [2.05, 4.69) is 14.9 Å². The van der Waals surface area contributed by atoms with Gasteiger partial charge in [-0.25, -0.2) is 14.8 Å². The third-order valence-electron chi connectivity index (χ3n) is 5.81. The number of esters is 1. The van der Waals surface area contributed by atoms with Crippen LogP contribution >= 0.6 is 0 Å². The van der Waals surface area contributed by atoms with Crippen molar-refractivity contribution < 1.29 is 24.1 Å². The Kier molecular flexibility index (Phi) is 5.53. The van der Waals surface area contributed by atoms with Crippen LogP contribution in [-0.2, 0) is 4.74 Å². The number of rotatable bonds is 5. The number of ether oxygens (including phenoxy) is 3. The second-order valence-electron chi connectivity index (χ2n) is 7.55. The molecule has 0 radical (unpaired) electrons. The number of hydrogen-bond donors (Lipinski definition) is 1. The number of aromatic nitrogens is 2. The Morgan fingerprint density at radius 1 is 1.10 bits per heavy atom. The lowest BCUT2D eigenvalue weighted by atomic mass is 9.78. The summed E-state index contributed by atoms with van der Waals surface area (Å²) in [6.07, 6.45) is 2.16. The molecule has 1 aromatic heterocycles. The largest absolute Gasteiger partial charge is 0.488 e. The normalized spacial score (nSPS) is 26.0. The number of anilines is 1. The zero-order chi connectivity index (χ0) is 20.4. The molecule has 1 aromatic carbocycles. The quantitative estimate of drug-likeness (QED) is 0.763. The van der Waals surface area contributed by atoms with Gasteiger partial charge in [-0.2, -0.15) is 0 Å². The molecule has 4 rings (SSSR count). The number of methoxy groups -OCH3 is 2. The van der Waals surface area contributed by atoms with Crippen molar-refractivity contribution in [3.8, 4) is 11.6 Å². The van der Waals surface area contributed by atoms with Gasteiger partial charge in [0.15, 0.2) is 0 Å². The van der Waals surface area contributed by atoms with Crippen LogP contribution in [0.15, 0.2) is 36.7 Å². The SMILES string of the molecule is COC(=O)c1ccc(O[C@H]2C[C@@H]3CN(c4cc(OC)ncn4)C[C@@H]3C[C@@H]2O)cc1. The van der Waals surface area contributed by atoms with Crippen LogP contribution in [-0.4, -0.2) is 60.6 Å². The zero-order valence-corrected chi connectivity index (χ0v) is 16.5. The van der Waals surface area contributed by atoms with E-state index in [1.807, 2.05) is 6.07 Å². The van der Waals surface area contributed by atoms with Gasteiger partial charge >= 0.3 is 5.97 Å². The van der Waals surface area contributed by atoms with Crippen molar-refractivity contribution in [2.75, 3.05) is 32.2 Å². The van der Waals surface area contributed by atoms with Crippen molar-refractivity contribution in [3.63, 3.8) is 0 Å². The minimum atomic E-state index is -0.531. The molecule has 29 heavy (non-hydrogen) atoms. The number of aliphatic hydroxyl groups is 1. The second-order valence-corrected chi connectivity index (χ2v) is 7.55. The van der Waals surface area contributed by atoms with E-state index in [1.54, 1.807) is 31.4 Å². The highest BCUT2D eigenvalue weighted by atomic mass is 16.5. The van der Waals surface area contributed by atoms with Crippen LogP contribution in [0.5, 0.6) is 11.6 Å². The summed E-state index contributed by atoms with van der Waals surface area (Å²) in [6.45, 7) is 1.71. The van der Waals surface area contributed by atoms with Gasteiger partial charge in [0.05, 0.1) is 25.9 Å². The standard InChI is InChI=1S/C21H25N3O5/c1-27-20-9-19(22-12-23-20)24-10-14-7-17(25)18(8-15(14)11-24)29-16-5-3-13(4-6-16)21(26)28-2/h3-6,9,12,14-15,17-18,25H,7-8,10-11H2,1-2H3/t14-,15+,17-,18-/m0/s1. The van der Waals surface area contributed by atoms with E-state index in [0.717, 1.165) is 25.3 Å². The van der Waals surface area contributed by atoms with Crippen LogP contribution in [0.1, 0.15) is 23.2 Å². The molecule has 2 fully saturated rings. The van der Waals surface area contributed by atoms with E-state index in [4.69, 9.17) is 14.2 Å². The van der Waals surface area contributed by atoms with E-state index < -0.39 is 6.10 Å². The molecule has 1 aliphatic carbocycles. The summed E-state index contributed by atoms with van der Waals surface area (Å²) in [5, 5.41) is 10.6. The van der Waals surface area contributed by atoms with Crippen LogP contribution in [0, 0.1) is 11.8 Å². The van der Waals surface area contributed by atoms with Crippen molar-refractivity contribution in [1.82, 2.24) is 9.97 Å². The lowest BCUT2D eigenvalue weighted by Crippen LogP contribution is -2.42. The predicted molar refractivity (Wildman–Crippen MR) is 105 cm³/mol. The molecule has 8 heteroatoms. The second kappa shape index (κ2) is 8.24. The van der Waals surface area contributed by atoms with Gasteiger partial charge in [-0.3, -0.25) is 0 Å². The van der Waals surface area contributed by atoms with E-state index in [0.29, 0.717) is 35.4 Å². The van der Waals surface area contributed by atoms with Crippen molar-refractivity contribution in [2.45, 2.75) is 25.0 Å². The molecule has 2 aromatic rings. The Labute approximate surface area is 169 Å². The Balaban J connectivity index is 1.40. The van der Waals surface area contributed by atoms with Crippen LogP contribution < -0.4 is 14.4 Å². The number of aliphatic hydroxyl groups excluding tert-OH is 1. The van der Waals surface area contributed by atoms with Gasteiger partial charge in [0.25, 0.3) is 0 Å². The molecule has 0 bridgehead atoms. The summed E-state index contributed by atoms with van der Waals surface area (Å²) < 4.78 is 16.0. The third kappa shape index (κ3) is 4.12. The highest BCUT2D eigenvalue weighted by Crippen LogP contribution is 2.39. The molecule has 4 atom stereocenters. The fraction of sp³-hybridized carbons (Fsp3) is 0.476. The first-order chi connectivity index (χ1) is 14.1. The maximum atomic E-state index is 11.6. The van der Waals surface area contributed by atoms with Gasteiger partial charge in [-0.05, 0) is 48.9 Å². The van der Waals surface area contributed by atoms with Crippen molar-refractivity contribution in [2.24, 2.45) is 11.8 Å². The maximum Gasteiger partial charge on any atom is 0.337 e. The van der Waals surface area contributed by atoms with Gasteiger partial charge in [0, 0.05) is 19.2 Å². The lowest BCUT2D eigenvalue weighted by molar-refractivity contribution is -0.0231. The number of hydrogen-bond acceptors (Lipinski definition) is 8. The van der Waals surface area contributed by atoms with E-state index in [-0.39, 0.29) is 12.1 Å². The van der Waals surface area contributed by atoms with Gasteiger partial charge in [-0.15, -0.1) is 0 Å². The molecule has 1 N–H and O–H groups in total. The number of benzene rings is 1. The average molecular weight is 399 g/mol. The predicted octanol–water partition coefficient (Wildman–Crippen LogP) is 1.93. The number of carbonyl (C=O) groups is 1. The molecule has 154 valence electrons. The van der Waals surface area contributed by atoms with Crippen molar-refractivity contribution >= 4 is 11.8 Å². The molecule has 0 spiro atoms. The minimum absolute atomic E-state index is 0.278. The van der Waals surface area contributed by atoms with Gasteiger partial charge in [0.2, 0.25) is 5.88 Å². The highest BCUT2D eigenvalue weighted by Gasteiger charge is 2.43. The summed E-state index contributed by atoms with van der Waals surface area (Å²) in [6, 6.07) is 8.64. The summed E-state index contributed by atoms with van der Waals surface area (Å²) in [7, 11) is 2.94. The Morgan fingerprint density at radius 2 is 1.83 bits per heavy atom. The molecule has 8 nitrogen and oxygen atoms in total. The highest BCUT2D eigenvalue weighted by molar-refractivity contribution is 5.89. The smallest absolute Gasteiger partial charge is 0.337 e. The summed E-state index contributed by atoms with van der Waals surface area (Å²) >= 11 is 0. The summed E-state index contributed by atoms with van der Waals surface area (Å²) in [4.78, 5) is 22.2. The van der Waals surface area contributed by atoms with Crippen LogP contribution in [0.2, 0.25) is 0 Å². The first-order valence-corrected chi connectivity index (χ1v) is 9.71. The van der Waals surface area contributed by atoms with E-state index in [1.165, 1.54) is 13.4 Å². The topological polar surface area (TPSA) is 94.0 Å². The first-order valence-electron chi connectivity index (χ1n) is 9.71. The molecule has 1 saturated heterocycles. The van der Waals surface area contributed by atoms with Crippen molar-refractivity contribution in [3.05, 3.63) is 42.2 Å². The van der Waals surface area contributed by atoms with Crippen molar-refractivity contribution in [1.29, 1.82) is 0 Å². The van der Waals surface area contributed by atoms with Gasteiger partial charge in [0.1, 0.15) is 24.0 Å². The van der Waals surface area contributed by atoms with Gasteiger partial charge in [-0.1, -0.05) is 0 Å². The zero-order valence-electron chi connectivity index (χ0n) is 16.5. The molecule has 2 aliphatic rings. The summed E-state index contributed by atoms with van der Waals surface area (Å²) in [5.74, 6) is 2.45. The Bertz CT molecular complexity index is 860. The van der Waals surface area contributed by atoms with E-state index >= 15 is 0 Å². The molecule has 1 saturated carbocycles.